The normalized spacial score (nSPS) is 15.5. The molecule has 2 heterocycles. The average Bonchev–Trinajstić information content (AvgIpc) is 2.78. The Morgan fingerprint density at radius 2 is 1.95 bits per heavy atom. The molecule has 0 atom stereocenters. The van der Waals surface area contributed by atoms with E-state index in [-0.39, 0.29) is 0 Å². The lowest BCUT2D eigenvalue weighted by molar-refractivity contribution is 0.111. The highest BCUT2D eigenvalue weighted by Crippen LogP contribution is 2.30. The number of hydrogen-bond donors (Lipinski definition) is 0. The van der Waals surface area contributed by atoms with Crippen molar-refractivity contribution in [1.82, 2.24) is 14.5 Å². The molecule has 1 aliphatic rings. The summed E-state index contributed by atoms with van der Waals surface area (Å²) in [5.41, 5.74) is 0.766. The molecular formula is C13H14Cl2N4OS. The average molecular weight is 345 g/mol. The fourth-order valence-electron chi connectivity index (χ4n) is 2.30. The lowest BCUT2D eigenvalue weighted by Crippen LogP contribution is -2.44. The van der Waals surface area contributed by atoms with Crippen molar-refractivity contribution in [2.24, 2.45) is 7.05 Å². The molecule has 1 fully saturated rings. The molecule has 112 valence electrons. The Morgan fingerprint density at radius 1 is 1.24 bits per heavy atom. The van der Waals surface area contributed by atoms with Gasteiger partial charge in [-0.2, -0.15) is 0 Å². The number of halogens is 2. The van der Waals surface area contributed by atoms with Crippen molar-refractivity contribution < 1.29 is 4.74 Å². The highest BCUT2D eigenvalue weighted by Gasteiger charge is 2.20. The maximum Gasteiger partial charge on any atom is 0.217 e. The van der Waals surface area contributed by atoms with Gasteiger partial charge in [0, 0.05) is 17.6 Å². The van der Waals surface area contributed by atoms with Crippen LogP contribution in [-0.4, -0.2) is 40.8 Å². The summed E-state index contributed by atoms with van der Waals surface area (Å²) in [5.74, 6) is 0.692. The summed E-state index contributed by atoms with van der Waals surface area (Å²) >= 11 is 17.9. The van der Waals surface area contributed by atoms with Crippen molar-refractivity contribution in [3.05, 3.63) is 33.0 Å². The van der Waals surface area contributed by atoms with Crippen molar-refractivity contribution in [2.75, 3.05) is 31.3 Å². The van der Waals surface area contributed by atoms with Gasteiger partial charge in [-0.15, -0.1) is 5.10 Å². The second-order valence-electron chi connectivity index (χ2n) is 4.73. The molecule has 0 N–H and O–H groups in total. The lowest BCUT2D eigenvalue weighted by atomic mass is 10.2. The van der Waals surface area contributed by atoms with E-state index in [0.29, 0.717) is 33.9 Å². The molecule has 0 spiro atoms. The maximum absolute atomic E-state index is 6.30. The Balaban J connectivity index is 2.16. The standard InChI is InChI=1S/C13H14Cl2N4OS/c1-17-13(21)19(18-4-6-20-7-5-18)12(16-17)10-8-9(14)2-3-11(10)15/h2-3,8H,4-7H2,1H3. The highest BCUT2D eigenvalue weighted by molar-refractivity contribution is 7.71. The van der Waals surface area contributed by atoms with Crippen molar-refractivity contribution in [3.8, 4) is 11.4 Å². The molecule has 0 amide bonds. The summed E-state index contributed by atoms with van der Waals surface area (Å²) in [4.78, 5) is 0. The number of morpholine rings is 1. The van der Waals surface area contributed by atoms with E-state index in [1.54, 1.807) is 22.9 Å². The first-order valence-corrected chi connectivity index (χ1v) is 7.69. The third-order valence-corrected chi connectivity index (χ3v) is 4.34. The van der Waals surface area contributed by atoms with E-state index in [1.165, 1.54) is 0 Å². The molecule has 1 aromatic carbocycles. The molecule has 21 heavy (non-hydrogen) atoms. The first-order chi connectivity index (χ1) is 10.1. The van der Waals surface area contributed by atoms with Gasteiger partial charge < -0.3 is 9.75 Å². The molecule has 0 saturated carbocycles. The van der Waals surface area contributed by atoms with Crippen LogP contribution in [0.15, 0.2) is 18.2 Å². The van der Waals surface area contributed by atoms with Crippen molar-refractivity contribution in [2.45, 2.75) is 0 Å². The Bertz CT molecular complexity index is 721. The van der Waals surface area contributed by atoms with Gasteiger partial charge in [-0.25, -0.2) is 9.36 Å². The fraction of sp³-hybridized carbons (Fsp3) is 0.385. The highest BCUT2D eigenvalue weighted by atomic mass is 35.5. The Morgan fingerprint density at radius 3 is 2.67 bits per heavy atom. The number of nitrogens with zero attached hydrogens (tertiary/aromatic N) is 4. The van der Waals surface area contributed by atoms with E-state index in [4.69, 9.17) is 40.2 Å². The number of ether oxygens (including phenoxy) is 1. The van der Waals surface area contributed by atoms with Crippen LogP contribution < -0.4 is 5.01 Å². The molecule has 1 saturated heterocycles. The van der Waals surface area contributed by atoms with E-state index in [1.807, 2.05) is 11.7 Å². The van der Waals surface area contributed by atoms with Crippen LogP contribution in [0.25, 0.3) is 11.4 Å². The minimum atomic E-state index is 0.592. The number of rotatable bonds is 2. The first kappa shape index (κ1) is 14.8. The smallest absolute Gasteiger partial charge is 0.217 e. The van der Waals surface area contributed by atoms with Gasteiger partial charge in [-0.05, 0) is 30.4 Å². The molecule has 0 bridgehead atoms. The second kappa shape index (κ2) is 5.96. The molecule has 1 aliphatic heterocycles. The van der Waals surface area contributed by atoms with Crippen LogP contribution in [-0.2, 0) is 11.8 Å². The van der Waals surface area contributed by atoms with Gasteiger partial charge in [0.25, 0.3) is 0 Å². The summed E-state index contributed by atoms with van der Waals surface area (Å²) in [7, 11) is 1.82. The summed E-state index contributed by atoms with van der Waals surface area (Å²) in [5, 5.41) is 7.83. The number of hydrogen-bond acceptors (Lipinski definition) is 4. The molecule has 0 radical (unpaired) electrons. The molecule has 1 aromatic heterocycles. The lowest BCUT2D eigenvalue weighted by Gasteiger charge is -2.30. The van der Waals surface area contributed by atoms with Gasteiger partial charge in [-0.1, -0.05) is 23.2 Å². The summed E-state index contributed by atoms with van der Waals surface area (Å²) in [6.07, 6.45) is 0. The fourth-order valence-corrected chi connectivity index (χ4v) is 2.92. The minimum Gasteiger partial charge on any atom is -0.378 e. The second-order valence-corrected chi connectivity index (χ2v) is 5.94. The number of aryl methyl sites for hydroxylation is 1. The zero-order chi connectivity index (χ0) is 15.0. The largest absolute Gasteiger partial charge is 0.378 e. The van der Waals surface area contributed by atoms with Crippen molar-refractivity contribution >= 4 is 35.4 Å². The molecule has 8 heteroatoms. The molecular weight excluding hydrogens is 331 g/mol. The van der Waals surface area contributed by atoms with E-state index < -0.39 is 0 Å². The predicted molar refractivity (Wildman–Crippen MR) is 86.3 cm³/mol. The van der Waals surface area contributed by atoms with Crippen molar-refractivity contribution in [3.63, 3.8) is 0 Å². The van der Waals surface area contributed by atoms with Gasteiger partial charge in [0.05, 0.1) is 31.3 Å². The Labute approximate surface area is 137 Å². The monoisotopic (exact) mass is 344 g/mol. The summed E-state index contributed by atoms with van der Waals surface area (Å²) in [6, 6.07) is 5.32. The SMILES string of the molecule is Cn1nc(-c2cc(Cl)ccc2Cl)n(N2CCOCC2)c1=S. The van der Waals surface area contributed by atoms with Crippen molar-refractivity contribution in [1.29, 1.82) is 0 Å². The number of benzene rings is 1. The Hall–Kier alpha value is -1.08. The summed E-state index contributed by atoms with van der Waals surface area (Å²) < 4.78 is 9.58. The quantitative estimate of drug-likeness (QED) is 0.784. The third kappa shape index (κ3) is 2.81. The molecule has 5 nitrogen and oxygen atoms in total. The van der Waals surface area contributed by atoms with E-state index in [9.17, 15) is 0 Å². The third-order valence-electron chi connectivity index (χ3n) is 3.34. The van der Waals surface area contributed by atoms with Crippen LogP contribution >= 0.6 is 35.4 Å². The van der Waals surface area contributed by atoms with Crippen LogP contribution in [0.1, 0.15) is 0 Å². The van der Waals surface area contributed by atoms with E-state index >= 15 is 0 Å². The molecule has 0 unspecified atom stereocenters. The molecule has 0 aliphatic carbocycles. The minimum absolute atomic E-state index is 0.592. The van der Waals surface area contributed by atoms with Gasteiger partial charge in [-0.3, -0.25) is 0 Å². The van der Waals surface area contributed by atoms with Gasteiger partial charge >= 0.3 is 0 Å². The number of aromatic nitrogens is 3. The van der Waals surface area contributed by atoms with Crippen LogP contribution in [0.5, 0.6) is 0 Å². The summed E-state index contributed by atoms with van der Waals surface area (Å²) in [6.45, 7) is 2.84. The predicted octanol–water partition coefficient (Wildman–Crippen LogP) is 2.89. The molecule has 3 rings (SSSR count). The molecule has 2 aromatic rings. The zero-order valence-electron chi connectivity index (χ0n) is 11.4. The van der Waals surface area contributed by atoms with Gasteiger partial charge in [0.1, 0.15) is 0 Å². The van der Waals surface area contributed by atoms with E-state index in [2.05, 4.69) is 10.1 Å². The van der Waals surface area contributed by atoms with Crippen LogP contribution in [0.2, 0.25) is 10.0 Å². The van der Waals surface area contributed by atoms with Gasteiger partial charge in [0.15, 0.2) is 5.82 Å². The Kier molecular flexibility index (Phi) is 4.21. The first-order valence-electron chi connectivity index (χ1n) is 6.52. The zero-order valence-corrected chi connectivity index (χ0v) is 13.8. The van der Waals surface area contributed by atoms with Crippen LogP contribution in [0, 0.1) is 4.77 Å². The van der Waals surface area contributed by atoms with Crippen LogP contribution in [0.3, 0.4) is 0 Å². The maximum atomic E-state index is 6.30. The van der Waals surface area contributed by atoms with E-state index in [0.717, 1.165) is 18.7 Å². The van der Waals surface area contributed by atoms with Crippen LogP contribution in [0.4, 0.5) is 0 Å². The topological polar surface area (TPSA) is 35.2 Å². The van der Waals surface area contributed by atoms with Gasteiger partial charge in [0.2, 0.25) is 4.77 Å².